The van der Waals surface area contributed by atoms with Crippen LogP contribution in [-0.2, 0) is 14.8 Å². The maximum absolute atomic E-state index is 12.9. The van der Waals surface area contributed by atoms with Gasteiger partial charge in [0, 0.05) is 44.6 Å². The van der Waals surface area contributed by atoms with E-state index < -0.39 is 10.0 Å². The van der Waals surface area contributed by atoms with E-state index in [1.807, 2.05) is 13.8 Å². The number of hydrogen-bond donors (Lipinski definition) is 1. The highest BCUT2D eigenvalue weighted by atomic mass is 35.5. The summed E-state index contributed by atoms with van der Waals surface area (Å²) in [5, 5.41) is 7.59. The van der Waals surface area contributed by atoms with Gasteiger partial charge in [0.2, 0.25) is 10.0 Å². The lowest BCUT2D eigenvalue weighted by Gasteiger charge is -2.37. The fraction of sp³-hybridized carbons (Fsp3) is 0.786. The van der Waals surface area contributed by atoms with Crippen molar-refractivity contribution in [1.29, 1.82) is 0 Å². The maximum Gasteiger partial charge on any atom is 0.246 e. The summed E-state index contributed by atoms with van der Waals surface area (Å²) in [6.45, 7) is 6.54. The average Bonchev–Trinajstić information content (AvgIpc) is 3.01. The van der Waals surface area contributed by atoms with E-state index in [1.54, 1.807) is 15.2 Å². The molecule has 0 bridgehead atoms. The highest BCUT2D eigenvalue weighted by molar-refractivity contribution is 7.89. The third kappa shape index (κ3) is 3.71. The summed E-state index contributed by atoms with van der Waals surface area (Å²) < 4.78 is 34.4. The fourth-order valence-corrected chi connectivity index (χ4v) is 4.75. The molecule has 0 aromatic carbocycles. The molecule has 0 amide bonds. The van der Waals surface area contributed by atoms with E-state index in [1.165, 1.54) is 6.20 Å². The first-order chi connectivity index (χ1) is 10.5. The Hall–Kier alpha value is -0.670. The van der Waals surface area contributed by atoms with Crippen LogP contribution in [0.25, 0.3) is 0 Å². The highest BCUT2D eigenvalue weighted by Gasteiger charge is 2.35. The Morgan fingerprint density at radius 2 is 2.00 bits per heavy atom. The molecule has 1 aromatic rings. The van der Waals surface area contributed by atoms with Crippen LogP contribution in [0.1, 0.15) is 32.7 Å². The predicted octanol–water partition coefficient (Wildman–Crippen LogP) is 1.03. The van der Waals surface area contributed by atoms with Gasteiger partial charge >= 0.3 is 0 Å². The third-order valence-electron chi connectivity index (χ3n) is 4.73. The number of piperazine rings is 1. The van der Waals surface area contributed by atoms with Crippen LogP contribution >= 0.6 is 12.4 Å². The van der Waals surface area contributed by atoms with Crippen LogP contribution in [-0.4, -0.2) is 60.9 Å². The highest BCUT2D eigenvalue weighted by Crippen LogP contribution is 2.24. The Balaban J connectivity index is 0.00000192. The summed E-state index contributed by atoms with van der Waals surface area (Å²) >= 11 is 0. The summed E-state index contributed by atoms with van der Waals surface area (Å²) in [6, 6.07) is 0.316. The first kappa shape index (κ1) is 18.7. The van der Waals surface area contributed by atoms with Gasteiger partial charge < -0.3 is 10.1 Å². The minimum Gasteiger partial charge on any atom is -0.381 e. The largest absolute Gasteiger partial charge is 0.381 e. The van der Waals surface area contributed by atoms with E-state index in [4.69, 9.17) is 4.74 Å². The van der Waals surface area contributed by atoms with Crippen molar-refractivity contribution in [1.82, 2.24) is 19.4 Å². The van der Waals surface area contributed by atoms with Crippen molar-refractivity contribution in [3.63, 3.8) is 0 Å². The van der Waals surface area contributed by atoms with Gasteiger partial charge in [-0.1, -0.05) is 0 Å². The monoisotopic (exact) mass is 364 g/mol. The first-order valence-electron chi connectivity index (χ1n) is 7.87. The van der Waals surface area contributed by atoms with E-state index in [0.29, 0.717) is 31.2 Å². The van der Waals surface area contributed by atoms with Gasteiger partial charge in [-0.05, 0) is 26.7 Å². The quantitative estimate of drug-likeness (QED) is 0.866. The van der Waals surface area contributed by atoms with Gasteiger partial charge in [-0.25, -0.2) is 8.42 Å². The van der Waals surface area contributed by atoms with Crippen LogP contribution < -0.4 is 5.32 Å². The van der Waals surface area contributed by atoms with Gasteiger partial charge in [-0.15, -0.1) is 12.4 Å². The number of ether oxygens (including phenoxy) is 1. The Labute approximate surface area is 143 Å². The molecule has 0 aliphatic carbocycles. The number of rotatable bonds is 3. The van der Waals surface area contributed by atoms with Gasteiger partial charge in [0.25, 0.3) is 0 Å². The summed E-state index contributed by atoms with van der Waals surface area (Å²) in [5.41, 5.74) is 0. The van der Waals surface area contributed by atoms with Crippen molar-refractivity contribution >= 4 is 22.4 Å². The molecule has 0 radical (unpaired) electrons. The average molecular weight is 365 g/mol. The molecule has 9 heteroatoms. The second-order valence-electron chi connectivity index (χ2n) is 6.10. The van der Waals surface area contributed by atoms with Crippen LogP contribution in [0.2, 0.25) is 0 Å². The van der Waals surface area contributed by atoms with Crippen LogP contribution in [0.5, 0.6) is 0 Å². The van der Waals surface area contributed by atoms with E-state index >= 15 is 0 Å². The minimum absolute atomic E-state index is 0. The predicted molar refractivity (Wildman–Crippen MR) is 89.4 cm³/mol. The number of hydrogen-bond acceptors (Lipinski definition) is 5. The Bertz CT molecular complexity index is 615. The fourth-order valence-electron chi connectivity index (χ4n) is 3.10. The second-order valence-corrected chi connectivity index (χ2v) is 7.99. The number of aromatic nitrogens is 2. The number of nitrogens with zero attached hydrogens (tertiary/aromatic N) is 3. The standard InChI is InChI=1S/C14H24N4O3S.ClH/c1-11-12(2)18(6-5-15-11)22(19,20)14-9-16-17(10-14)13-3-7-21-8-4-13;/h9-13,15H,3-8H2,1-2H3;1H. The Morgan fingerprint density at radius 1 is 1.30 bits per heavy atom. The van der Waals surface area contributed by atoms with Crippen molar-refractivity contribution < 1.29 is 13.2 Å². The van der Waals surface area contributed by atoms with Gasteiger partial charge in [0.05, 0.1) is 12.2 Å². The zero-order chi connectivity index (χ0) is 15.7. The first-order valence-corrected chi connectivity index (χ1v) is 9.31. The van der Waals surface area contributed by atoms with Crippen molar-refractivity contribution in [3.8, 4) is 0 Å². The van der Waals surface area contributed by atoms with E-state index in [9.17, 15) is 8.42 Å². The van der Waals surface area contributed by atoms with Crippen molar-refractivity contribution in [2.45, 2.75) is 49.7 Å². The van der Waals surface area contributed by atoms with Gasteiger partial charge in [-0.2, -0.15) is 9.40 Å². The van der Waals surface area contributed by atoms with Gasteiger partial charge in [0.15, 0.2) is 0 Å². The lowest BCUT2D eigenvalue weighted by Crippen LogP contribution is -2.56. The Kier molecular flexibility index (Phi) is 6.07. The molecular formula is C14H25ClN4O3S. The topological polar surface area (TPSA) is 76.5 Å². The molecule has 1 aromatic heterocycles. The van der Waals surface area contributed by atoms with E-state index in [0.717, 1.165) is 12.8 Å². The minimum atomic E-state index is -3.48. The molecule has 0 spiro atoms. The van der Waals surface area contributed by atoms with E-state index in [2.05, 4.69) is 10.4 Å². The third-order valence-corrected chi connectivity index (χ3v) is 6.66. The van der Waals surface area contributed by atoms with Crippen molar-refractivity contribution in [2.24, 2.45) is 0 Å². The molecular weight excluding hydrogens is 340 g/mol. The van der Waals surface area contributed by atoms with Crippen LogP contribution in [0, 0.1) is 0 Å². The molecule has 1 N–H and O–H groups in total. The molecule has 132 valence electrons. The molecule has 2 unspecified atom stereocenters. The molecule has 2 saturated heterocycles. The maximum atomic E-state index is 12.9. The molecule has 2 aliphatic heterocycles. The smallest absolute Gasteiger partial charge is 0.246 e. The van der Waals surface area contributed by atoms with E-state index in [-0.39, 0.29) is 30.5 Å². The van der Waals surface area contributed by atoms with Crippen LogP contribution in [0.3, 0.4) is 0 Å². The summed E-state index contributed by atoms with van der Waals surface area (Å²) in [5.74, 6) is 0. The van der Waals surface area contributed by atoms with Crippen LogP contribution in [0.4, 0.5) is 0 Å². The Morgan fingerprint density at radius 3 is 2.70 bits per heavy atom. The van der Waals surface area contributed by atoms with Crippen LogP contribution in [0.15, 0.2) is 17.3 Å². The lowest BCUT2D eigenvalue weighted by molar-refractivity contribution is 0.0662. The van der Waals surface area contributed by atoms with Crippen molar-refractivity contribution in [2.75, 3.05) is 26.3 Å². The molecule has 3 heterocycles. The zero-order valence-corrected chi connectivity index (χ0v) is 15.1. The molecule has 0 saturated carbocycles. The summed E-state index contributed by atoms with van der Waals surface area (Å²) in [6.07, 6.45) is 4.90. The summed E-state index contributed by atoms with van der Waals surface area (Å²) in [7, 11) is -3.48. The number of halogens is 1. The number of nitrogens with one attached hydrogen (secondary N) is 1. The summed E-state index contributed by atoms with van der Waals surface area (Å²) in [4.78, 5) is 0.292. The van der Waals surface area contributed by atoms with Gasteiger partial charge in [0.1, 0.15) is 4.90 Å². The molecule has 2 atom stereocenters. The molecule has 23 heavy (non-hydrogen) atoms. The molecule has 2 fully saturated rings. The zero-order valence-electron chi connectivity index (χ0n) is 13.5. The number of sulfonamides is 1. The molecule has 7 nitrogen and oxygen atoms in total. The lowest BCUT2D eigenvalue weighted by atomic mass is 10.1. The molecule has 3 rings (SSSR count). The van der Waals surface area contributed by atoms with Crippen molar-refractivity contribution in [3.05, 3.63) is 12.4 Å². The van der Waals surface area contributed by atoms with Gasteiger partial charge in [-0.3, -0.25) is 4.68 Å². The SMILES string of the molecule is CC1NCCN(S(=O)(=O)c2cnn(C3CCOCC3)c2)C1C.Cl. The second kappa shape index (κ2) is 7.48. The normalized spacial score (nSPS) is 27.6. The molecule has 2 aliphatic rings.